The van der Waals surface area contributed by atoms with E-state index in [2.05, 4.69) is 11.9 Å². The molecule has 0 saturated carbocycles. The van der Waals surface area contributed by atoms with Crippen LogP contribution in [-0.2, 0) is 0 Å². The van der Waals surface area contributed by atoms with Crippen LogP contribution >= 0.6 is 23.5 Å². The number of Topliss-reactive ketones (excluding diaryl/α,β-unsaturated/α-hetero) is 1. The van der Waals surface area contributed by atoms with Gasteiger partial charge in [-0.1, -0.05) is 25.1 Å². The highest BCUT2D eigenvalue weighted by Crippen LogP contribution is 2.35. The molecular weight excluding hydrogens is 286 g/mol. The Bertz CT molecular complexity index is 629. The fourth-order valence-corrected chi connectivity index (χ4v) is 5.54. The highest BCUT2D eigenvalue weighted by molar-refractivity contribution is 8.07. The number of hydrogen-bond donors (Lipinski definition) is 0. The molecule has 0 aliphatic carbocycles. The number of nitrogens with zero attached hydrogens (tertiary/aromatic N) is 1. The number of ketones is 1. The summed E-state index contributed by atoms with van der Waals surface area (Å²) in [5.74, 6) is 2.47. The number of rotatable bonds is 3. The summed E-state index contributed by atoms with van der Waals surface area (Å²) in [4.78, 5) is 17.1. The molecule has 4 heteroatoms. The van der Waals surface area contributed by atoms with Gasteiger partial charge in [0.1, 0.15) is 0 Å². The molecule has 1 aliphatic rings. The van der Waals surface area contributed by atoms with Gasteiger partial charge in [-0.3, -0.25) is 9.78 Å². The predicted octanol–water partition coefficient (Wildman–Crippen LogP) is 4.04. The third-order valence-electron chi connectivity index (χ3n) is 3.59. The SMILES string of the molecule is CCC1SCCSC1C(=O)c1cnc2ccccc2c1. The molecule has 0 bridgehead atoms. The fourth-order valence-electron chi connectivity index (χ4n) is 2.52. The molecule has 0 N–H and O–H groups in total. The Labute approximate surface area is 127 Å². The Balaban J connectivity index is 1.91. The molecule has 104 valence electrons. The van der Waals surface area contributed by atoms with Gasteiger partial charge in [-0.2, -0.15) is 11.8 Å². The maximum atomic E-state index is 12.7. The van der Waals surface area contributed by atoms with Gasteiger partial charge < -0.3 is 0 Å². The van der Waals surface area contributed by atoms with E-state index in [9.17, 15) is 4.79 Å². The first-order valence-electron chi connectivity index (χ1n) is 6.92. The minimum Gasteiger partial charge on any atom is -0.293 e. The van der Waals surface area contributed by atoms with E-state index >= 15 is 0 Å². The Morgan fingerprint density at radius 1 is 1.30 bits per heavy atom. The van der Waals surface area contributed by atoms with Crippen molar-refractivity contribution < 1.29 is 4.79 Å². The molecule has 0 amide bonds. The van der Waals surface area contributed by atoms with Crippen LogP contribution in [0.4, 0.5) is 0 Å². The highest BCUT2D eigenvalue weighted by atomic mass is 32.2. The average molecular weight is 303 g/mol. The van der Waals surface area contributed by atoms with Crippen LogP contribution in [0.1, 0.15) is 23.7 Å². The van der Waals surface area contributed by atoms with Gasteiger partial charge in [0, 0.05) is 33.9 Å². The van der Waals surface area contributed by atoms with Crippen molar-refractivity contribution >= 4 is 40.2 Å². The number of pyridine rings is 1. The van der Waals surface area contributed by atoms with Crippen LogP contribution in [0.5, 0.6) is 0 Å². The van der Waals surface area contributed by atoms with E-state index in [-0.39, 0.29) is 11.0 Å². The van der Waals surface area contributed by atoms with E-state index in [0.717, 1.165) is 34.4 Å². The molecule has 0 radical (unpaired) electrons. The van der Waals surface area contributed by atoms with E-state index in [0.29, 0.717) is 5.25 Å². The zero-order valence-electron chi connectivity index (χ0n) is 11.4. The number of aromatic nitrogens is 1. The second-order valence-electron chi connectivity index (χ2n) is 4.89. The topological polar surface area (TPSA) is 30.0 Å². The van der Waals surface area contributed by atoms with Crippen molar-refractivity contribution in [3.05, 3.63) is 42.1 Å². The molecule has 2 atom stereocenters. The number of thioether (sulfide) groups is 2. The molecule has 2 heterocycles. The minimum absolute atomic E-state index is 0.0849. The second-order valence-corrected chi connectivity index (χ2v) is 7.49. The predicted molar refractivity (Wildman–Crippen MR) is 88.9 cm³/mol. The van der Waals surface area contributed by atoms with Gasteiger partial charge in [-0.25, -0.2) is 0 Å². The summed E-state index contributed by atoms with van der Waals surface area (Å²) < 4.78 is 0. The average Bonchev–Trinajstić information content (AvgIpc) is 2.53. The Morgan fingerprint density at radius 2 is 2.10 bits per heavy atom. The van der Waals surface area contributed by atoms with Crippen LogP contribution in [0.25, 0.3) is 10.9 Å². The molecule has 1 saturated heterocycles. The summed E-state index contributed by atoms with van der Waals surface area (Å²) in [6.45, 7) is 2.17. The smallest absolute Gasteiger partial charge is 0.178 e. The van der Waals surface area contributed by atoms with Gasteiger partial charge in [-0.15, -0.1) is 11.8 Å². The maximum absolute atomic E-state index is 12.7. The molecule has 2 aromatic rings. The third kappa shape index (κ3) is 2.72. The summed E-state index contributed by atoms with van der Waals surface area (Å²) in [7, 11) is 0. The van der Waals surface area contributed by atoms with Crippen molar-refractivity contribution in [2.24, 2.45) is 0 Å². The lowest BCUT2D eigenvalue weighted by molar-refractivity contribution is 0.0987. The molecular formula is C16H17NOS2. The monoisotopic (exact) mass is 303 g/mol. The Morgan fingerprint density at radius 3 is 2.95 bits per heavy atom. The van der Waals surface area contributed by atoms with Gasteiger partial charge >= 0.3 is 0 Å². The minimum atomic E-state index is 0.0849. The van der Waals surface area contributed by atoms with Gasteiger partial charge in [0.2, 0.25) is 0 Å². The van der Waals surface area contributed by atoms with Crippen LogP contribution < -0.4 is 0 Å². The number of carbonyl (C=O) groups is 1. The van der Waals surface area contributed by atoms with Gasteiger partial charge in [0.25, 0.3) is 0 Å². The lowest BCUT2D eigenvalue weighted by atomic mass is 10.0. The van der Waals surface area contributed by atoms with Crippen LogP contribution in [0.3, 0.4) is 0 Å². The lowest BCUT2D eigenvalue weighted by Gasteiger charge is -2.28. The first kappa shape index (κ1) is 14.0. The second kappa shape index (κ2) is 6.19. The Hall–Kier alpha value is -1.00. The first-order chi connectivity index (χ1) is 9.79. The summed E-state index contributed by atoms with van der Waals surface area (Å²) in [5.41, 5.74) is 1.70. The van der Waals surface area contributed by atoms with Crippen molar-refractivity contribution in [2.75, 3.05) is 11.5 Å². The molecule has 0 spiro atoms. The molecule has 1 aliphatic heterocycles. The summed E-state index contributed by atoms with van der Waals surface area (Å²) in [5, 5.41) is 1.56. The maximum Gasteiger partial charge on any atom is 0.178 e. The molecule has 1 aromatic carbocycles. The largest absolute Gasteiger partial charge is 0.293 e. The van der Waals surface area contributed by atoms with Crippen LogP contribution in [0.2, 0.25) is 0 Å². The molecule has 1 aromatic heterocycles. The lowest BCUT2D eigenvalue weighted by Crippen LogP contribution is -2.32. The van der Waals surface area contributed by atoms with Crippen LogP contribution in [0, 0.1) is 0 Å². The fraction of sp³-hybridized carbons (Fsp3) is 0.375. The standard InChI is InChI=1S/C16H17NOS2/c1-2-14-16(20-8-7-19-14)15(18)12-9-11-5-3-4-6-13(11)17-10-12/h3-6,9-10,14,16H,2,7-8H2,1H3. The van der Waals surface area contributed by atoms with E-state index in [4.69, 9.17) is 0 Å². The zero-order valence-corrected chi connectivity index (χ0v) is 13.0. The normalized spacial score (nSPS) is 22.9. The van der Waals surface area contributed by atoms with Crippen molar-refractivity contribution in [2.45, 2.75) is 23.8 Å². The highest BCUT2D eigenvalue weighted by Gasteiger charge is 2.31. The van der Waals surface area contributed by atoms with Gasteiger partial charge in [0.15, 0.2) is 5.78 Å². The summed E-state index contributed by atoms with van der Waals surface area (Å²) >= 11 is 3.74. The van der Waals surface area contributed by atoms with E-state index in [1.165, 1.54) is 0 Å². The molecule has 2 nitrogen and oxygen atoms in total. The number of carbonyl (C=O) groups excluding carboxylic acids is 1. The van der Waals surface area contributed by atoms with Crippen LogP contribution in [0.15, 0.2) is 36.5 Å². The van der Waals surface area contributed by atoms with Crippen molar-refractivity contribution in [3.8, 4) is 0 Å². The summed E-state index contributed by atoms with van der Waals surface area (Å²) in [6.07, 6.45) is 2.78. The van der Waals surface area contributed by atoms with Crippen LogP contribution in [-0.4, -0.2) is 32.8 Å². The molecule has 3 rings (SSSR count). The van der Waals surface area contributed by atoms with E-state index < -0.39 is 0 Å². The van der Waals surface area contributed by atoms with Crippen molar-refractivity contribution in [3.63, 3.8) is 0 Å². The first-order valence-corrected chi connectivity index (χ1v) is 9.01. The molecule has 1 fully saturated rings. The number of para-hydroxylation sites is 1. The molecule has 20 heavy (non-hydrogen) atoms. The quantitative estimate of drug-likeness (QED) is 0.800. The van der Waals surface area contributed by atoms with Gasteiger partial charge in [-0.05, 0) is 18.6 Å². The van der Waals surface area contributed by atoms with Crippen molar-refractivity contribution in [1.29, 1.82) is 0 Å². The number of hydrogen-bond acceptors (Lipinski definition) is 4. The number of benzene rings is 1. The van der Waals surface area contributed by atoms with Gasteiger partial charge in [0.05, 0.1) is 10.8 Å². The van der Waals surface area contributed by atoms with E-state index in [1.54, 1.807) is 18.0 Å². The third-order valence-corrected chi connectivity index (χ3v) is 6.83. The molecule has 2 unspecified atom stereocenters. The number of fused-ring (bicyclic) bond motifs is 1. The van der Waals surface area contributed by atoms with Crippen molar-refractivity contribution in [1.82, 2.24) is 4.98 Å². The summed E-state index contributed by atoms with van der Waals surface area (Å²) in [6, 6.07) is 9.93. The Kier molecular flexibility index (Phi) is 4.32. The van der Waals surface area contributed by atoms with E-state index in [1.807, 2.05) is 42.1 Å². The zero-order chi connectivity index (χ0) is 13.9.